The Morgan fingerprint density at radius 2 is 0.804 bits per heavy atom. The minimum Gasteiger partial charge on any atom is -0.469 e. The zero-order valence-electron chi connectivity index (χ0n) is 62.9. The maximum absolute atomic E-state index is 11.9. The van der Waals surface area contributed by atoms with Gasteiger partial charge in [-0.25, -0.2) is 30.4 Å². The van der Waals surface area contributed by atoms with Crippen molar-refractivity contribution < 1.29 is 53.9 Å². The molecule has 102 heavy (non-hydrogen) atoms. The van der Waals surface area contributed by atoms with Gasteiger partial charge in [0.25, 0.3) is 0 Å². The van der Waals surface area contributed by atoms with E-state index >= 15 is 0 Å². The molecular formula is C79H112N8O12S3. The number of amides is 3. The molecule has 7 rings (SSSR count). The van der Waals surface area contributed by atoms with Gasteiger partial charge in [0.15, 0.2) is 19.7 Å². The van der Waals surface area contributed by atoms with Crippen LogP contribution in [0.1, 0.15) is 156 Å². The van der Waals surface area contributed by atoms with Gasteiger partial charge in [0.05, 0.1) is 33.3 Å². The molecule has 8 N–H and O–H groups in total. The number of nitrogens with zero attached hydrogens (tertiary/aromatic N) is 1. The highest BCUT2D eigenvalue weighted by molar-refractivity contribution is 7.91. The van der Waals surface area contributed by atoms with Gasteiger partial charge in [-0.05, 0) is 216 Å². The van der Waals surface area contributed by atoms with Gasteiger partial charge in [-0.2, -0.15) is 5.26 Å². The Morgan fingerprint density at radius 3 is 1.07 bits per heavy atom. The number of methoxy groups -OCH3 is 1. The van der Waals surface area contributed by atoms with E-state index in [2.05, 4.69) is 98.2 Å². The molecular weight excluding hydrogens is 1350 g/mol. The summed E-state index contributed by atoms with van der Waals surface area (Å²) in [5.74, 6) is 0.792. The fraction of sp³-hybridized carbons (Fsp3) is 0.405. The van der Waals surface area contributed by atoms with Crippen LogP contribution in [-0.4, -0.2) is 96.3 Å². The molecule has 0 fully saturated rings. The number of nitrogens with two attached hydrogens (primary N) is 1. The average Bonchev–Trinajstić information content (AvgIpc) is 0.850. The van der Waals surface area contributed by atoms with Crippen molar-refractivity contribution in [1.82, 2.24) is 5.32 Å². The molecule has 0 saturated heterocycles. The number of nitrogens with one attached hydrogen (secondary N) is 6. The molecule has 1 unspecified atom stereocenters. The highest BCUT2D eigenvalue weighted by atomic mass is 32.2. The third kappa shape index (κ3) is 38.8. The summed E-state index contributed by atoms with van der Waals surface area (Å²) in [5.41, 5.74) is 8.68. The molecule has 0 bridgehead atoms. The van der Waals surface area contributed by atoms with E-state index < -0.39 is 35.1 Å². The highest BCUT2D eigenvalue weighted by Crippen LogP contribution is 2.26. The van der Waals surface area contributed by atoms with E-state index in [1.54, 1.807) is 24.3 Å². The summed E-state index contributed by atoms with van der Waals surface area (Å²) < 4.78 is 77.6. The lowest BCUT2D eigenvalue weighted by molar-refractivity contribution is -0.150. The second kappa shape index (κ2) is 47.3. The Kier molecular flexibility index (Phi) is 42.2. The van der Waals surface area contributed by atoms with E-state index in [4.69, 9.17) is 15.1 Å². The van der Waals surface area contributed by atoms with E-state index in [0.717, 1.165) is 72.1 Å². The van der Waals surface area contributed by atoms with Gasteiger partial charge in [-0.3, -0.25) is 19.2 Å². The van der Waals surface area contributed by atoms with Crippen LogP contribution in [0, 0.1) is 28.1 Å². The van der Waals surface area contributed by atoms with Crippen LogP contribution >= 0.6 is 0 Å². The third-order valence-corrected chi connectivity index (χ3v) is 19.0. The fourth-order valence-electron chi connectivity index (χ4n) is 8.30. The van der Waals surface area contributed by atoms with Crippen LogP contribution < -0.4 is 41.8 Å². The molecule has 0 radical (unpaired) electrons. The van der Waals surface area contributed by atoms with Gasteiger partial charge in [0.1, 0.15) is 11.5 Å². The Labute approximate surface area is 609 Å². The van der Waals surface area contributed by atoms with Gasteiger partial charge in [0.2, 0.25) is 27.7 Å². The highest BCUT2D eigenvalue weighted by Gasteiger charge is 2.26. The first-order chi connectivity index (χ1) is 47.9. The number of rotatable bonds is 26. The number of benzene rings is 7. The van der Waals surface area contributed by atoms with Crippen molar-refractivity contribution >= 4 is 81.8 Å². The van der Waals surface area contributed by atoms with Crippen LogP contribution in [0.15, 0.2) is 185 Å². The van der Waals surface area contributed by atoms with Crippen molar-refractivity contribution in [3.05, 3.63) is 192 Å². The molecule has 0 aliphatic rings. The Hall–Kier alpha value is -8.92. The maximum Gasteiger partial charge on any atom is 0.311 e. The molecule has 1 atom stereocenters. The Balaban J connectivity index is 0.000000615. The van der Waals surface area contributed by atoms with Crippen LogP contribution in [-0.2, 0) is 66.5 Å². The summed E-state index contributed by atoms with van der Waals surface area (Å²) in [5, 5.41) is 30.7. The molecule has 0 aliphatic heterocycles. The summed E-state index contributed by atoms with van der Waals surface area (Å²) in [6.45, 7) is 21.7. The van der Waals surface area contributed by atoms with Crippen molar-refractivity contribution in [1.29, 1.82) is 5.26 Å². The number of ether oxygens (including phenoxy) is 2. The number of esters is 1. The zero-order valence-corrected chi connectivity index (χ0v) is 65.3. The first kappa shape index (κ1) is 91.1. The summed E-state index contributed by atoms with van der Waals surface area (Å²) in [6.07, 6.45) is 14.9. The van der Waals surface area contributed by atoms with Crippen LogP contribution in [0.25, 0.3) is 0 Å². The molecule has 0 spiro atoms. The zero-order chi connectivity index (χ0) is 77.1. The van der Waals surface area contributed by atoms with Crippen molar-refractivity contribution in [2.24, 2.45) is 21.9 Å². The molecule has 3 amide bonds. The number of nitriles is 1. The number of hydrogen-bond donors (Lipinski definition) is 7. The average molecular weight is 1460 g/mol. The molecule has 0 heterocycles. The molecule has 23 heteroatoms. The number of carbonyl (C=O) groups is 4. The topological polar surface area (TPSA) is 311 Å². The number of sulfonamides is 1. The van der Waals surface area contributed by atoms with Crippen molar-refractivity contribution in [3.63, 3.8) is 0 Å². The molecule has 0 saturated carbocycles. The number of hydrogen-bond acceptors (Lipinski definition) is 16. The normalized spacial score (nSPS) is 11.1. The van der Waals surface area contributed by atoms with E-state index in [1.807, 2.05) is 125 Å². The minimum absolute atomic E-state index is 0.0234. The predicted octanol–water partition coefficient (Wildman–Crippen LogP) is 16.3. The van der Waals surface area contributed by atoms with E-state index in [-0.39, 0.29) is 49.7 Å². The SMILES string of the molecule is CC(=O)Nc1ccc(Cc2ccc(NC(C)=O)cc2)cc1.CCC(C)(C)C(=O)Nc1ccc(S(N)(=O)=O)cc1.CCC(C)(C)C(=O)OC.CCC(C)C#N.CCCCCCCCNC.CNc1ccc(Cc2ccc(NC)cc2)cc1.CS(=O)(=O)c1ccc(Oc2ccc(S(C)(=O)=O)cc2)cc1. The third-order valence-electron chi connectivity index (χ3n) is 15.8. The van der Waals surface area contributed by atoms with Crippen molar-refractivity contribution in [3.8, 4) is 17.6 Å². The van der Waals surface area contributed by atoms with E-state index in [9.17, 15) is 44.4 Å². The van der Waals surface area contributed by atoms with Crippen LogP contribution in [0.3, 0.4) is 0 Å². The number of unbranched alkanes of at least 4 members (excludes halogenated alkanes) is 5. The largest absolute Gasteiger partial charge is 0.469 e. The van der Waals surface area contributed by atoms with E-state index in [1.165, 1.54) is 126 Å². The number of primary sulfonamides is 1. The molecule has 20 nitrogen and oxygen atoms in total. The van der Waals surface area contributed by atoms with Gasteiger partial charge >= 0.3 is 5.97 Å². The summed E-state index contributed by atoms with van der Waals surface area (Å²) >= 11 is 0. The van der Waals surface area contributed by atoms with Crippen molar-refractivity contribution in [2.45, 2.75) is 161 Å². The van der Waals surface area contributed by atoms with E-state index in [0.29, 0.717) is 23.6 Å². The monoisotopic (exact) mass is 1460 g/mol. The Morgan fingerprint density at radius 1 is 0.480 bits per heavy atom. The maximum atomic E-state index is 11.9. The van der Waals surface area contributed by atoms with Gasteiger partial charge < -0.3 is 41.4 Å². The molecule has 0 aromatic heterocycles. The fourth-order valence-corrected chi connectivity index (χ4v) is 10.1. The van der Waals surface area contributed by atoms with Crippen LogP contribution in [0.4, 0.5) is 28.4 Å². The van der Waals surface area contributed by atoms with Gasteiger partial charge in [-0.15, -0.1) is 0 Å². The lowest BCUT2D eigenvalue weighted by Gasteiger charge is -2.21. The molecule has 7 aromatic carbocycles. The number of anilines is 5. The quantitative estimate of drug-likeness (QED) is 0.0196. The lowest BCUT2D eigenvalue weighted by Crippen LogP contribution is -2.29. The number of carbonyl (C=O) groups excluding carboxylic acids is 4. The first-order valence-electron chi connectivity index (χ1n) is 34.1. The van der Waals surface area contributed by atoms with Gasteiger partial charge in [-0.1, -0.05) is 122 Å². The second-order valence-electron chi connectivity index (χ2n) is 25.4. The standard InChI is InChI=1S/C17H18N2O2.C15H18N2.C14H14O5S2.C12H18N2O3S.C9H21N.C7H14O2.C5H9N/c1-12(20)18-16-7-3-14(4-8-16)11-15-5-9-17(10-6-15)19-13(2)21;1-16-14-7-3-12(4-8-14)11-13-5-9-15(17-2)10-6-13;1-20(15,16)13-7-3-11(4-8-13)19-12-5-9-14(10-6-12)21(2,17)18;1-4-12(2,3)11(15)14-9-5-7-10(8-6-9)18(13,16)17;1-3-4-5-6-7-8-9-10-2;1-5-7(2,3)6(8)9-4;1-3-5(2)4-6/h3-10H,11H2,1-2H3,(H,18,20)(H,19,21);3-10,16-17H,11H2,1-2H3;3-10H,1-2H3;5-8H,4H2,1-3H3,(H,14,15)(H2,13,16,17);10H,3-9H2,1-2H3;5H2,1-4H3;5H,3H2,1-2H3. The summed E-state index contributed by atoms with van der Waals surface area (Å²) in [7, 11) is -2.86. The second-order valence-corrected chi connectivity index (χ2v) is 31.0. The number of sulfone groups is 2. The lowest BCUT2D eigenvalue weighted by atomic mass is 9.89. The van der Waals surface area contributed by atoms with Gasteiger partial charge in [0, 0.05) is 80.2 Å². The summed E-state index contributed by atoms with van der Waals surface area (Å²) in [4.78, 5) is 45.1. The molecule has 0 aliphatic carbocycles. The predicted molar refractivity (Wildman–Crippen MR) is 417 cm³/mol. The molecule has 7 aromatic rings. The van der Waals surface area contributed by atoms with Crippen LogP contribution in [0.5, 0.6) is 11.5 Å². The summed E-state index contributed by atoms with van der Waals surface area (Å²) in [6, 6.07) is 52.5. The molecule has 558 valence electrons. The Bertz CT molecular complexity index is 3800. The van der Waals surface area contributed by atoms with Crippen LogP contribution in [0.2, 0.25) is 0 Å². The smallest absolute Gasteiger partial charge is 0.311 e. The minimum atomic E-state index is -3.69. The van der Waals surface area contributed by atoms with Crippen molar-refractivity contribution in [2.75, 3.05) is 73.9 Å². The first-order valence-corrected chi connectivity index (χ1v) is 39.4.